The minimum absolute atomic E-state index is 0.00125. The first-order valence-corrected chi connectivity index (χ1v) is 44.2. The number of nitrogens with two attached hydrogens (primary N) is 3. The average Bonchev–Trinajstić information content (AvgIpc) is 1.53. The number of anilines is 5. The number of esters is 1. The Morgan fingerprint density at radius 1 is 0.711 bits per heavy atom. The minimum atomic E-state index is -2.51. The third-order valence-corrected chi connectivity index (χ3v) is 25.4. The molecule has 38 heteroatoms. The average molecular weight is 1770 g/mol. The number of Topliss-reactive ketones (excluding diaryl/α,β-unsaturated/α-hetero) is 3. The molecule has 2 bridgehead atoms. The van der Waals surface area contributed by atoms with Gasteiger partial charge in [0.05, 0.1) is 34.8 Å². The Balaban J connectivity index is 0.551. The minimum Gasteiger partial charge on any atom is -0.459 e. The van der Waals surface area contributed by atoms with Crippen molar-refractivity contribution in [1.82, 2.24) is 75.1 Å². The van der Waals surface area contributed by atoms with Gasteiger partial charge in [0.2, 0.25) is 23.6 Å². The van der Waals surface area contributed by atoms with Crippen LogP contribution in [0.25, 0.3) is 33.4 Å². The normalized spacial score (nSPS) is 27.0. The van der Waals surface area contributed by atoms with Crippen molar-refractivity contribution in [2.75, 3.05) is 113 Å². The molecular formula is C90H119N21O17. The first kappa shape index (κ1) is 93.9. The van der Waals surface area contributed by atoms with Crippen LogP contribution in [-0.2, 0) is 65.5 Å². The number of methoxy groups -OCH3 is 3. The monoisotopic (exact) mass is 1770 g/mol. The van der Waals surface area contributed by atoms with Crippen LogP contribution in [-0.4, -0.2) is 269 Å². The van der Waals surface area contributed by atoms with Crippen LogP contribution in [0.15, 0.2) is 114 Å². The molecule has 1 aromatic carbocycles. The molecule has 13 rings (SSSR count). The van der Waals surface area contributed by atoms with E-state index in [-0.39, 0.29) is 74.2 Å². The van der Waals surface area contributed by atoms with Gasteiger partial charge in [0.25, 0.3) is 29.5 Å². The van der Waals surface area contributed by atoms with Crippen molar-refractivity contribution >= 4 is 98.9 Å². The fraction of sp³-hybridized carbons (Fsp3) is 0.556. The topological polar surface area (TPSA) is 498 Å². The van der Waals surface area contributed by atoms with E-state index in [2.05, 4.69) is 55.5 Å². The van der Waals surface area contributed by atoms with Gasteiger partial charge >= 0.3 is 12.1 Å². The van der Waals surface area contributed by atoms with Crippen LogP contribution in [0.4, 0.5) is 34.5 Å². The van der Waals surface area contributed by atoms with Gasteiger partial charge in [0.15, 0.2) is 17.0 Å². The Kier molecular flexibility index (Phi) is 31.5. The lowest BCUT2D eigenvalue weighted by Gasteiger charge is -2.42. The number of nitrogen functional groups attached to an aromatic ring is 2. The Labute approximate surface area is 742 Å². The summed E-state index contributed by atoms with van der Waals surface area (Å²) >= 11 is 0. The number of alkyl carbamates (subject to hydrolysis) is 1. The third-order valence-electron chi connectivity index (χ3n) is 25.4. The molecule has 15 atom stereocenters. The van der Waals surface area contributed by atoms with Gasteiger partial charge in [-0.25, -0.2) is 54.1 Å². The predicted octanol–water partition coefficient (Wildman–Crippen LogP) is 6.79. The number of aryl methyl sites for hydroxylation is 1. The van der Waals surface area contributed by atoms with Crippen molar-refractivity contribution in [2.24, 2.45) is 35.3 Å². The number of unbranched alkanes of at least 4 members (excludes halogenated alkanes) is 1. The van der Waals surface area contributed by atoms with E-state index in [1.54, 1.807) is 81.3 Å². The summed E-state index contributed by atoms with van der Waals surface area (Å²) in [6, 6.07) is 3.27. The van der Waals surface area contributed by atoms with E-state index in [9.17, 15) is 48.6 Å². The first-order valence-electron chi connectivity index (χ1n) is 44.2. The molecule has 10 N–H and O–H groups in total. The standard InChI is InChI=1S/C90H119N21O17/c1-52-17-11-10-12-18-53(2)70(122-7)42-63-23-20-57(6)90(121,128-63)78(115)83(118)110-27-15-13-19-66(110)84(119)125-71(43-67(112)54(3)38-56(5)76(114)77(124-9)75(113)55(4)37-52)64(91)39-58-21-24-69(72(40-58)123-8)127-89(120)101-46-59-44-95-86(96-45-59)108-33-35-109(36-34-108)88-99-49-62(50-100-88)82(117)106-29-31-107(32-30-106)87-97-47-61(48-98-87)81(116)94-26-14-16-28-111-80-73(79(92)102-51-103-80)74(105-111)60-22-25-68-65(41-60)104-85(93)126-68/h10-12,17-18,22,25,38,41,44-45,47-52,54-55,57-58,63-64,66,69-72,76-77,114,121H,13-16,19-21,23-24,26-37,39-40,42-43,46,91H2,1-9H3,(H2,93,104)(H,94,116)(H,101,120)(H2,92,102,103)/b12-10?,17-11+,53-18?,56-38+/t52-,54-,55-,57-,58+,63+,64-,66+,69-,70+,71+,72-,76-,77+,90-/m1/s1. The zero-order valence-electron chi connectivity index (χ0n) is 74.1. The fourth-order valence-corrected chi connectivity index (χ4v) is 17.7. The maximum Gasteiger partial charge on any atom is 0.407 e. The number of carbonyl (C=O) groups excluding carboxylic acids is 8. The quantitative estimate of drug-likeness (QED) is 0.0179. The molecule has 128 heavy (non-hydrogen) atoms. The second kappa shape index (κ2) is 43.0. The largest absolute Gasteiger partial charge is 0.459 e. The predicted molar refractivity (Wildman–Crippen MR) is 472 cm³/mol. The second-order valence-electron chi connectivity index (χ2n) is 34.4. The van der Waals surface area contributed by atoms with Gasteiger partial charge in [0, 0.05) is 185 Å². The van der Waals surface area contributed by atoms with Gasteiger partial charge in [-0.2, -0.15) is 10.1 Å². The molecule has 1 aliphatic carbocycles. The molecule has 686 valence electrons. The van der Waals surface area contributed by atoms with E-state index in [0.717, 1.165) is 16.0 Å². The third kappa shape index (κ3) is 22.7. The van der Waals surface area contributed by atoms with Crippen molar-refractivity contribution in [2.45, 2.75) is 205 Å². The number of hydrogen-bond donors (Lipinski definition) is 7. The summed E-state index contributed by atoms with van der Waals surface area (Å²) in [4.78, 5) is 162. The number of nitrogens with one attached hydrogen (secondary N) is 2. The highest BCUT2D eigenvalue weighted by atomic mass is 16.6. The number of ether oxygens (including phenoxy) is 6. The number of rotatable bonds is 20. The van der Waals surface area contributed by atoms with Crippen molar-refractivity contribution < 1.29 is 81.4 Å². The molecule has 5 aliphatic heterocycles. The van der Waals surface area contributed by atoms with E-state index in [4.69, 9.17) is 55.1 Å². The van der Waals surface area contributed by atoms with Gasteiger partial charge in [-0.1, -0.05) is 64.2 Å². The maximum absolute atomic E-state index is 14.8. The number of ketones is 3. The molecule has 6 aliphatic rings. The lowest BCUT2D eigenvalue weighted by molar-refractivity contribution is -0.265. The fourth-order valence-electron chi connectivity index (χ4n) is 17.7. The van der Waals surface area contributed by atoms with Crippen LogP contribution in [0.2, 0.25) is 0 Å². The van der Waals surface area contributed by atoms with Crippen molar-refractivity contribution in [3.63, 3.8) is 0 Å². The maximum atomic E-state index is 14.8. The Bertz CT molecular complexity index is 5190. The lowest BCUT2D eigenvalue weighted by Crippen LogP contribution is -2.61. The molecule has 4 saturated heterocycles. The number of allylic oxidation sites excluding steroid dienone is 6. The number of aliphatic hydroxyl groups excluding tert-OH is 1. The Morgan fingerprint density at radius 3 is 2.07 bits per heavy atom. The first-order chi connectivity index (χ1) is 61.6. The number of carbonyl (C=O) groups is 8. The van der Waals surface area contributed by atoms with E-state index in [1.807, 2.05) is 71.1 Å². The molecule has 0 unspecified atom stereocenters. The van der Waals surface area contributed by atoms with Crippen LogP contribution in [0.5, 0.6) is 0 Å². The summed E-state index contributed by atoms with van der Waals surface area (Å²) < 4.78 is 43.2. The number of piperazine rings is 2. The number of aromatic nitrogens is 11. The van der Waals surface area contributed by atoms with Crippen LogP contribution in [0.1, 0.15) is 158 Å². The number of amides is 4. The highest BCUT2D eigenvalue weighted by Gasteiger charge is 2.53. The summed E-state index contributed by atoms with van der Waals surface area (Å²) in [5.74, 6) is -7.58. The zero-order valence-corrected chi connectivity index (χ0v) is 74.1. The van der Waals surface area contributed by atoms with E-state index in [1.165, 1.54) is 32.9 Å². The molecule has 11 heterocycles. The van der Waals surface area contributed by atoms with Crippen molar-refractivity contribution in [3.05, 3.63) is 126 Å². The number of hydrogen-bond acceptors (Lipinski definition) is 33. The molecule has 0 radical (unpaired) electrons. The lowest BCUT2D eigenvalue weighted by atomic mass is 9.80. The van der Waals surface area contributed by atoms with E-state index in [0.29, 0.717) is 203 Å². The SMILES string of the molecule is CO[C@H]1C[C@@H]2CC[C@@H](C)[C@@](O)(O2)C(=O)C(=O)N2CCCC[C@H]2C(=O)O[C@H]([C@H](N)C[C@@H]2CC[C@@H](OC(=O)NCc3cnc(N4CCN(c5ncc(C(=O)N6CCN(c7ncc(C(=O)NCCCCn8nc(-c9ccc%10oc(N)nc%10c9)c9c(N)ncnc98)cn7)CC6)cn5)CC4)nc3)[C@H](OC)C2)CC(=O)[C@H](C)/C=C(\C)[C@@H](O)[C@@H](OC)C(=O)[C@H](C)C[C@H](C)/C=C/C=CC=C1C. The van der Waals surface area contributed by atoms with Crippen LogP contribution in [0.3, 0.4) is 0 Å². The number of aliphatic hydroxyl groups is 2. The molecule has 0 spiro atoms. The Hall–Kier alpha value is -11.7. The highest BCUT2D eigenvalue weighted by Crippen LogP contribution is 2.39. The summed E-state index contributed by atoms with van der Waals surface area (Å²) in [5, 5.41) is 35.1. The number of cyclic esters (lactones) is 1. The molecule has 38 nitrogen and oxygen atoms in total. The van der Waals surface area contributed by atoms with E-state index >= 15 is 0 Å². The smallest absolute Gasteiger partial charge is 0.407 e. The van der Waals surface area contributed by atoms with Crippen molar-refractivity contribution in [3.8, 4) is 11.3 Å². The van der Waals surface area contributed by atoms with Gasteiger partial charge in [-0.05, 0) is 132 Å². The number of oxazole rings is 1. The van der Waals surface area contributed by atoms with Gasteiger partial charge in [-0.3, -0.25) is 28.8 Å². The highest BCUT2D eigenvalue weighted by molar-refractivity contribution is 6.39. The number of fused-ring (bicyclic) bond motifs is 5. The molecular weight excluding hydrogens is 1650 g/mol. The van der Waals surface area contributed by atoms with Crippen LogP contribution >= 0.6 is 0 Å². The van der Waals surface area contributed by atoms with E-state index < -0.39 is 108 Å². The summed E-state index contributed by atoms with van der Waals surface area (Å²) in [6.45, 7) is 15.5. The molecule has 4 amide bonds. The van der Waals surface area contributed by atoms with Gasteiger partial charge < -0.3 is 95.4 Å². The molecule has 6 aromatic heterocycles. The summed E-state index contributed by atoms with van der Waals surface area (Å²) in [6.07, 6.45) is 19.9. The second-order valence-corrected chi connectivity index (χ2v) is 34.4. The van der Waals surface area contributed by atoms with Crippen LogP contribution in [0, 0.1) is 29.6 Å². The molecule has 5 fully saturated rings. The number of nitrogens with zero attached hydrogens (tertiary/aromatic N) is 16. The summed E-state index contributed by atoms with van der Waals surface area (Å²) in [7, 11) is 4.43. The van der Waals surface area contributed by atoms with Crippen molar-refractivity contribution in [1.29, 1.82) is 0 Å². The molecule has 1 saturated carbocycles. The zero-order chi connectivity index (χ0) is 91.0. The summed E-state index contributed by atoms with van der Waals surface area (Å²) in [5.41, 5.74) is 24.7. The number of benzene rings is 1. The van der Waals surface area contributed by atoms with Gasteiger partial charge in [0.1, 0.15) is 59.6 Å². The Morgan fingerprint density at radius 2 is 1.39 bits per heavy atom. The van der Waals surface area contributed by atoms with Crippen LogP contribution < -0.4 is 42.5 Å². The number of piperidine rings is 1. The van der Waals surface area contributed by atoms with Gasteiger partial charge in [-0.15, -0.1) is 0 Å². The molecule has 7 aromatic rings.